The molecule has 1 aliphatic rings. The van der Waals surface area contributed by atoms with Crippen LogP contribution in [0.15, 0.2) is 4.42 Å². The van der Waals surface area contributed by atoms with Gasteiger partial charge in [0.05, 0.1) is 0 Å². The molecule has 1 aromatic heterocycles. The molecule has 19 heavy (non-hydrogen) atoms. The van der Waals surface area contributed by atoms with E-state index in [0.717, 1.165) is 32.6 Å². The molecule has 1 amide bonds. The van der Waals surface area contributed by atoms with Crippen LogP contribution in [0.3, 0.4) is 0 Å². The molecule has 0 bridgehead atoms. The first kappa shape index (κ1) is 13.8. The Balaban J connectivity index is 1.90. The summed E-state index contributed by atoms with van der Waals surface area (Å²) in [4.78, 5) is 15.8. The number of piperazine rings is 1. The molecule has 0 atom stereocenters. The maximum absolute atomic E-state index is 11.8. The smallest absolute Gasteiger partial charge is 0.318 e. The topological polar surface area (TPSA) is 62.5 Å². The van der Waals surface area contributed by atoms with Crippen LogP contribution in [0, 0.1) is 0 Å². The summed E-state index contributed by atoms with van der Waals surface area (Å²) in [5.74, 6) is 1.16. The van der Waals surface area contributed by atoms with Crippen LogP contribution in [0.25, 0.3) is 0 Å². The van der Waals surface area contributed by atoms with Gasteiger partial charge in [-0.25, -0.2) is 0 Å². The molecule has 0 radical (unpaired) electrons. The highest BCUT2D eigenvalue weighted by Crippen LogP contribution is 2.19. The van der Waals surface area contributed by atoms with Crippen LogP contribution in [0.5, 0.6) is 0 Å². The SMILES string of the molecule is CCCC(=O)N1CCN(c2nnc(C(C)C)o2)CC1. The fourth-order valence-electron chi connectivity index (χ4n) is 2.11. The Hall–Kier alpha value is -1.59. The highest BCUT2D eigenvalue weighted by molar-refractivity contribution is 5.76. The summed E-state index contributed by atoms with van der Waals surface area (Å²) < 4.78 is 5.63. The van der Waals surface area contributed by atoms with E-state index in [9.17, 15) is 4.79 Å². The molecular formula is C13H22N4O2. The van der Waals surface area contributed by atoms with E-state index in [4.69, 9.17) is 4.42 Å². The van der Waals surface area contributed by atoms with Gasteiger partial charge in [-0.05, 0) is 6.42 Å². The lowest BCUT2D eigenvalue weighted by Crippen LogP contribution is -2.48. The summed E-state index contributed by atoms with van der Waals surface area (Å²) in [7, 11) is 0. The van der Waals surface area contributed by atoms with Crippen LogP contribution in [0.2, 0.25) is 0 Å². The van der Waals surface area contributed by atoms with Crippen molar-refractivity contribution in [3.05, 3.63) is 5.89 Å². The predicted molar refractivity (Wildman–Crippen MR) is 72.1 cm³/mol. The molecule has 0 unspecified atom stereocenters. The van der Waals surface area contributed by atoms with Gasteiger partial charge in [-0.2, -0.15) is 0 Å². The first-order valence-electron chi connectivity index (χ1n) is 6.98. The van der Waals surface area contributed by atoms with Crippen LogP contribution >= 0.6 is 0 Å². The first-order chi connectivity index (χ1) is 9.11. The molecule has 6 nitrogen and oxygen atoms in total. The van der Waals surface area contributed by atoms with Crippen molar-refractivity contribution in [2.45, 2.75) is 39.5 Å². The molecule has 1 fully saturated rings. The van der Waals surface area contributed by atoms with Crippen LogP contribution < -0.4 is 4.90 Å². The third-order valence-corrected chi connectivity index (χ3v) is 3.29. The van der Waals surface area contributed by atoms with Gasteiger partial charge in [0.25, 0.3) is 0 Å². The summed E-state index contributed by atoms with van der Waals surface area (Å²) in [6.45, 7) is 9.07. The minimum absolute atomic E-state index is 0.244. The predicted octanol–water partition coefficient (Wildman–Crippen LogP) is 1.64. The van der Waals surface area contributed by atoms with Crippen LogP contribution in [-0.4, -0.2) is 47.2 Å². The van der Waals surface area contributed by atoms with Gasteiger partial charge in [-0.3, -0.25) is 4.79 Å². The molecule has 0 saturated carbocycles. The van der Waals surface area contributed by atoms with E-state index in [-0.39, 0.29) is 11.8 Å². The van der Waals surface area contributed by atoms with Crippen molar-refractivity contribution in [2.75, 3.05) is 31.1 Å². The average Bonchev–Trinajstić information content (AvgIpc) is 2.89. The summed E-state index contributed by atoms with van der Waals surface area (Å²) in [6.07, 6.45) is 1.54. The second-order valence-electron chi connectivity index (χ2n) is 5.20. The number of hydrogen-bond donors (Lipinski definition) is 0. The van der Waals surface area contributed by atoms with Gasteiger partial charge in [-0.15, -0.1) is 5.10 Å². The molecule has 0 spiro atoms. The lowest BCUT2D eigenvalue weighted by molar-refractivity contribution is -0.131. The van der Waals surface area contributed by atoms with Gasteiger partial charge in [0.2, 0.25) is 11.8 Å². The molecule has 106 valence electrons. The van der Waals surface area contributed by atoms with Crippen molar-refractivity contribution in [1.29, 1.82) is 0 Å². The van der Waals surface area contributed by atoms with Crippen molar-refractivity contribution in [2.24, 2.45) is 0 Å². The third kappa shape index (κ3) is 3.24. The van der Waals surface area contributed by atoms with E-state index < -0.39 is 0 Å². The van der Waals surface area contributed by atoms with Gasteiger partial charge in [0, 0.05) is 38.5 Å². The molecule has 0 aliphatic carbocycles. The van der Waals surface area contributed by atoms with E-state index in [1.807, 2.05) is 25.7 Å². The molecule has 2 heterocycles. The molecule has 1 saturated heterocycles. The molecular weight excluding hydrogens is 244 g/mol. The molecule has 0 aromatic carbocycles. The second-order valence-corrected chi connectivity index (χ2v) is 5.20. The number of aromatic nitrogens is 2. The molecule has 0 N–H and O–H groups in total. The highest BCUT2D eigenvalue weighted by Gasteiger charge is 2.24. The highest BCUT2D eigenvalue weighted by atomic mass is 16.4. The Labute approximate surface area is 113 Å². The zero-order chi connectivity index (χ0) is 13.8. The second kappa shape index (κ2) is 6.04. The van der Waals surface area contributed by atoms with E-state index in [2.05, 4.69) is 15.1 Å². The molecule has 2 rings (SSSR count). The fourth-order valence-corrected chi connectivity index (χ4v) is 2.11. The summed E-state index contributed by atoms with van der Waals surface area (Å²) >= 11 is 0. The van der Waals surface area contributed by atoms with E-state index >= 15 is 0 Å². The van der Waals surface area contributed by atoms with Gasteiger partial charge in [0.1, 0.15) is 0 Å². The summed E-state index contributed by atoms with van der Waals surface area (Å²) in [6, 6.07) is 0.575. The summed E-state index contributed by atoms with van der Waals surface area (Å²) in [5, 5.41) is 8.11. The quantitative estimate of drug-likeness (QED) is 0.829. The van der Waals surface area contributed by atoms with Crippen LogP contribution in [-0.2, 0) is 4.79 Å². The van der Waals surface area contributed by atoms with Crippen molar-refractivity contribution in [1.82, 2.24) is 15.1 Å². The van der Waals surface area contributed by atoms with Gasteiger partial charge < -0.3 is 14.2 Å². The Bertz CT molecular complexity index is 422. The monoisotopic (exact) mass is 266 g/mol. The van der Waals surface area contributed by atoms with Crippen LogP contribution in [0.1, 0.15) is 45.4 Å². The van der Waals surface area contributed by atoms with Gasteiger partial charge in [0.15, 0.2) is 0 Å². The Morgan fingerprint density at radius 2 is 1.95 bits per heavy atom. The van der Waals surface area contributed by atoms with Crippen molar-refractivity contribution in [3.63, 3.8) is 0 Å². The van der Waals surface area contributed by atoms with Crippen molar-refractivity contribution >= 4 is 11.9 Å². The Morgan fingerprint density at radius 3 is 2.47 bits per heavy atom. The Morgan fingerprint density at radius 1 is 1.26 bits per heavy atom. The number of carbonyl (C=O) groups excluding carboxylic acids is 1. The normalized spacial score (nSPS) is 16.2. The lowest BCUT2D eigenvalue weighted by atomic mass is 10.2. The molecule has 6 heteroatoms. The first-order valence-corrected chi connectivity index (χ1v) is 6.98. The average molecular weight is 266 g/mol. The minimum Gasteiger partial charge on any atom is -0.408 e. The van der Waals surface area contributed by atoms with Crippen molar-refractivity contribution < 1.29 is 9.21 Å². The van der Waals surface area contributed by atoms with Gasteiger partial charge in [-0.1, -0.05) is 25.9 Å². The van der Waals surface area contributed by atoms with Crippen molar-refractivity contribution in [3.8, 4) is 0 Å². The largest absolute Gasteiger partial charge is 0.408 e. The number of nitrogens with zero attached hydrogens (tertiary/aromatic N) is 4. The zero-order valence-corrected chi connectivity index (χ0v) is 11.9. The maximum atomic E-state index is 11.8. The number of amides is 1. The number of rotatable bonds is 4. The third-order valence-electron chi connectivity index (χ3n) is 3.29. The Kier molecular flexibility index (Phi) is 4.39. The maximum Gasteiger partial charge on any atom is 0.318 e. The van der Waals surface area contributed by atoms with E-state index in [1.165, 1.54) is 0 Å². The molecule has 1 aliphatic heterocycles. The number of anilines is 1. The van der Waals surface area contributed by atoms with E-state index in [0.29, 0.717) is 18.3 Å². The fraction of sp³-hybridized carbons (Fsp3) is 0.769. The van der Waals surface area contributed by atoms with E-state index in [1.54, 1.807) is 0 Å². The lowest BCUT2D eigenvalue weighted by Gasteiger charge is -2.33. The minimum atomic E-state index is 0.244. The van der Waals surface area contributed by atoms with Gasteiger partial charge >= 0.3 is 6.01 Å². The number of carbonyl (C=O) groups is 1. The number of hydrogen-bond acceptors (Lipinski definition) is 5. The zero-order valence-electron chi connectivity index (χ0n) is 11.9. The van der Waals surface area contributed by atoms with Crippen LogP contribution in [0.4, 0.5) is 6.01 Å². The summed E-state index contributed by atoms with van der Waals surface area (Å²) in [5.41, 5.74) is 0. The molecule has 1 aromatic rings. The standard InChI is InChI=1S/C13H22N4O2/c1-4-5-11(18)16-6-8-17(9-7-16)13-15-14-12(19-13)10(2)3/h10H,4-9H2,1-3H3.